The fourth-order valence-electron chi connectivity index (χ4n) is 6.51. The highest BCUT2D eigenvalue weighted by atomic mass is 35.5. The summed E-state index contributed by atoms with van der Waals surface area (Å²) in [6, 6.07) is 0.427. The van der Waals surface area contributed by atoms with E-state index in [1.807, 2.05) is 12.2 Å². The molecule has 0 spiro atoms. The van der Waals surface area contributed by atoms with Gasteiger partial charge in [-0.2, -0.15) is 4.98 Å². The van der Waals surface area contributed by atoms with Crippen LogP contribution in [-0.2, 0) is 4.74 Å². The lowest BCUT2D eigenvalue weighted by Gasteiger charge is -2.39. The van der Waals surface area contributed by atoms with E-state index in [2.05, 4.69) is 52.2 Å². The summed E-state index contributed by atoms with van der Waals surface area (Å²) in [6.45, 7) is 9.89. The Balaban J connectivity index is 1.51. The van der Waals surface area contributed by atoms with Crippen LogP contribution in [0.25, 0.3) is 28.4 Å². The number of hydrogen-bond acceptors (Lipinski definition) is 8. The molecule has 3 aromatic rings. The molecule has 1 N–H and O–H groups in total. The minimum Gasteiger partial charge on any atom is -0.374 e. The van der Waals surface area contributed by atoms with Gasteiger partial charge in [0, 0.05) is 12.6 Å². The molecule has 1 saturated carbocycles. The summed E-state index contributed by atoms with van der Waals surface area (Å²) in [7, 11) is 0. The molecular weight excluding hydrogens is 542 g/mol. The summed E-state index contributed by atoms with van der Waals surface area (Å²) in [5.74, 6) is 1.27. The predicted molar refractivity (Wildman–Crippen MR) is 160 cm³/mol. The number of morpholine rings is 1. The number of nitrogens with one attached hydrogen (secondary N) is 1. The summed E-state index contributed by atoms with van der Waals surface area (Å²) in [5.41, 5.74) is 3.04. The highest BCUT2D eigenvalue weighted by Gasteiger charge is 2.39. The van der Waals surface area contributed by atoms with Crippen LogP contribution in [-0.4, -0.2) is 60.3 Å². The molecule has 0 aromatic carbocycles. The largest absolute Gasteiger partial charge is 0.439 e. The van der Waals surface area contributed by atoms with E-state index >= 15 is 0 Å². The Morgan fingerprint density at radius 3 is 2.90 bits per heavy atom. The second-order valence-corrected chi connectivity index (χ2v) is 12.1. The van der Waals surface area contributed by atoms with Crippen molar-refractivity contribution in [2.24, 2.45) is 5.92 Å². The van der Waals surface area contributed by atoms with Crippen molar-refractivity contribution in [3.63, 3.8) is 0 Å². The lowest BCUT2D eigenvalue weighted by atomic mass is 9.98. The van der Waals surface area contributed by atoms with Crippen LogP contribution in [0, 0.1) is 5.92 Å². The van der Waals surface area contributed by atoms with Crippen molar-refractivity contribution in [3.05, 3.63) is 47.1 Å². The first-order valence-electron chi connectivity index (χ1n) is 14.8. The number of alkyl halides is 1. The molecule has 10 nitrogen and oxygen atoms in total. The summed E-state index contributed by atoms with van der Waals surface area (Å²) in [4.78, 5) is 31.8. The van der Waals surface area contributed by atoms with E-state index in [-0.39, 0.29) is 35.2 Å². The average Bonchev–Trinajstić information content (AvgIpc) is 3.70. The SMILES string of the molecule is C=CCC(C)CCCC(C)n1c(N2CCOC3CCCC32)nc2nc(-c3noc(=O)[nH]3)nc(C3=CC(Cl)CC=C3)c21. The molecule has 5 unspecified atom stereocenters. The molecule has 41 heavy (non-hydrogen) atoms. The van der Waals surface area contributed by atoms with Crippen LogP contribution in [0.4, 0.5) is 5.95 Å². The summed E-state index contributed by atoms with van der Waals surface area (Å²) < 4.78 is 13.3. The number of anilines is 1. The second-order valence-electron chi connectivity index (χ2n) is 11.6. The molecule has 2 fully saturated rings. The average molecular weight is 580 g/mol. The zero-order valence-electron chi connectivity index (χ0n) is 23.8. The maximum absolute atomic E-state index is 11.8. The Kier molecular flexibility index (Phi) is 8.12. The predicted octanol–water partition coefficient (Wildman–Crippen LogP) is 5.82. The third-order valence-electron chi connectivity index (χ3n) is 8.54. The Morgan fingerprint density at radius 2 is 2.12 bits per heavy atom. The van der Waals surface area contributed by atoms with Gasteiger partial charge in [-0.15, -0.1) is 18.2 Å². The van der Waals surface area contributed by atoms with Crippen LogP contribution in [0.2, 0.25) is 0 Å². The lowest BCUT2D eigenvalue weighted by molar-refractivity contribution is 0.0246. The molecule has 2 aliphatic carbocycles. The normalized spacial score (nSPS) is 23.9. The molecule has 5 atom stereocenters. The number of imidazole rings is 1. The van der Waals surface area contributed by atoms with Crippen molar-refractivity contribution in [1.82, 2.24) is 29.7 Å². The molecule has 0 bridgehead atoms. The van der Waals surface area contributed by atoms with Gasteiger partial charge in [-0.1, -0.05) is 49.2 Å². The first-order chi connectivity index (χ1) is 19.9. The molecule has 11 heteroatoms. The van der Waals surface area contributed by atoms with Crippen LogP contribution < -0.4 is 10.7 Å². The highest BCUT2D eigenvalue weighted by molar-refractivity contribution is 6.22. The van der Waals surface area contributed by atoms with Crippen molar-refractivity contribution in [3.8, 4) is 11.6 Å². The topological polar surface area (TPSA) is 115 Å². The Labute approximate surface area is 244 Å². The van der Waals surface area contributed by atoms with Crippen LogP contribution in [0.3, 0.4) is 0 Å². The van der Waals surface area contributed by atoms with Crippen LogP contribution in [0.15, 0.2) is 40.2 Å². The van der Waals surface area contributed by atoms with Gasteiger partial charge >= 0.3 is 5.76 Å². The van der Waals surface area contributed by atoms with Crippen LogP contribution >= 0.6 is 11.6 Å². The number of hydrogen-bond donors (Lipinski definition) is 1. The third kappa shape index (κ3) is 5.64. The van der Waals surface area contributed by atoms with E-state index < -0.39 is 5.76 Å². The number of H-pyrrole nitrogens is 1. The zero-order valence-corrected chi connectivity index (χ0v) is 24.5. The van der Waals surface area contributed by atoms with Gasteiger partial charge in [-0.3, -0.25) is 9.51 Å². The Hall–Kier alpha value is -3.24. The smallest absolute Gasteiger partial charge is 0.374 e. The molecule has 3 aliphatic rings. The van der Waals surface area contributed by atoms with Crippen LogP contribution in [0.1, 0.15) is 76.9 Å². The van der Waals surface area contributed by atoms with E-state index in [1.54, 1.807) is 0 Å². The van der Waals surface area contributed by atoms with Crippen molar-refractivity contribution in [2.45, 2.75) is 88.8 Å². The van der Waals surface area contributed by atoms with E-state index in [0.29, 0.717) is 18.2 Å². The summed E-state index contributed by atoms with van der Waals surface area (Å²) in [5, 5.41) is 3.72. The van der Waals surface area contributed by atoms with Gasteiger partial charge in [-0.05, 0) is 56.9 Å². The number of halogens is 1. The lowest BCUT2D eigenvalue weighted by Crippen LogP contribution is -2.49. The maximum atomic E-state index is 11.8. The van der Waals surface area contributed by atoms with Crippen molar-refractivity contribution >= 4 is 34.3 Å². The molecule has 3 aromatic heterocycles. The standard InChI is InChI=1S/C30H38ClN7O3/c1-4-8-18(2)9-5-10-19(3)38-25-24(20-11-6-12-21(31)17-20)32-27(28-35-30(39)41-36-28)33-26(25)34-29(38)37-15-16-40-23-14-7-13-22(23)37/h4,6,11,17-19,21-23H,1,5,7-10,12-16H2,2-3H3,(H,35,36,39). The summed E-state index contributed by atoms with van der Waals surface area (Å²) in [6.07, 6.45) is 16.6. The molecule has 1 saturated heterocycles. The number of aromatic nitrogens is 6. The zero-order chi connectivity index (χ0) is 28.5. The molecule has 0 amide bonds. The molecule has 218 valence electrons. The minimum absolute atomic E-state index is 0.145. The Morgan fingerprint density at radius 1 is 1.24 bits per heavy atom. The van der Waals surface area contributed by atoms with E-state index in [1.165, 1.54) is 0 Å². The third-order valence-corrected chi connectivity index (χ3v) is 8.84. The summed E-state index contributed by atoms with van der Waals surface area (Å²) >= 11 is 6.59. The van der Waals surface area contributed by atoms with E-state index in [0.717, 1.165) is 80.6 Å². The number of nitrogens with zero attached hydrogens (tertiary/aromatic N) is 6. The van der Waals surface area contributed by atoms with Gasteiger partial charge in [0.1, 0.15) is 11.2 Å². The van der Waals surface area contributed by atoms with Crippen molar-refractivity contribution in [2.75, 3.05) is 18.1 Å². The minimum atomic E-state index is -0.658. The second kappa shape index (κ2) is 11.9. The number of aromatic amines is 1. The van der Waals surface area contributed by atoms with Gasteiger partial charge < -0.3 is 14.2 Å². The first-order valence-corrected chi connectivity index (χ1v) is 15.2. The number of ether oxygens (including phenoxy) is 1. The Bertz CT molecular complexity index is 1520. The molecule has 1 aliphatic heterocycles. The molecule has 0 radical (unpaired) electrons. The highest BCUT2D eigenvalue weighted by Crippen LogP contribution is 2.39. The molecular formula is C30H38ClN7O3. The first kappa shape index (κ1) is 27.9. The number of allylic oxidation sites excluding steroid dienone is 5. The van der Waals surface area contributed by atoms with E-state index in [9.17, 15) is 4.79 Å². The molecule has 4 heterocycles. The van der Waals surface area contributed by atoms with Crippen molar-refractivity contribution < 1.29 is 9.26 Å². The number of fused-ring (bicyclic) bond motifs is 2. The molecule has 6 rings (SSSR count). The van der Waals surface area contributed by atoms with Gasteiger partial charge in [-0.25, -0.2) is 14.8 Å². The number of rotatable bonds is 10. The van der Waals surface area contributed by atoms with E-state index in [4.69, 9.17) is 35.8 Å². The van der Waals surface area contributed by atoms with Gasteiger partial charge in [0.2, 0.25) is 17.6 Å². The van der Waals surface area contributed by atoms with Gasteiger partial charge in [0.25, 0.3) is 0 Å². The van der Waals surface area contributed by atoms with Gasteiger partial charge in [0.05, 0.1) is 24.1 Å². The van der Waals surface area contributed by atoms with Crippen LogP contribution in [0.5, 0.6) is 0 Å². The fourth-order valence-corrected chi connectivity index (χ4v) is 6.75. The maximum Gasteiger partial charge on any atom is 0.439 e. The monoisotopic (exact) mass is 579 g/mol. The quantitative estimate of drug-likeness (QED) is 0.236. The van der Waals surface area contributed by atoms with Gasteiger partial charge in [0.15, 0.2) is 5.65 Å². The van der Waals surface area contributed by atoms with Crippen molar-refractivity contribution in [1.29, 1.82) is 0 Å². The fraction of sp³-hybridized carbons (Fsp3) is 0.567.